The van der Waals surface area contributed by atoms with Crippen LogP contribution in [0.5, 0.6) is 0 Å². The van der Waals surface area contributed by atoms with Gasteiger partial charge < -0.3 is 5.32 Å². The van der Waals surface area contributed by atoms with E-state index in [2.05, 4.69) is 45.3 Å². The predicted octanol–water partition coefficient (Wildman–Crippen LogP) is 3.71. The standard InChI is InChI=1S/C13H18BrClN2.ClH/c1-17(12-4-6-16-7-5-12)9-10-2-3-11(14)8-13(10)15;/h2-3,8,12,16H,4-7,9H2,1H3;1H. The molecule has 0 aromatic heterocycles. The molecule has 0 bridgehead atoms. The van der Waals surface area contributed by atoms with Crippen LogP contribution in [0.3, 0.4) is 0 Å². The van der Waals surface area contributed by atoms with E-state index in [-0.39, 0.29) is 12.4 Å². The lowest BCUT2D eigenvalue weighted by Crippen LogP contribution is -2.40. The first-order valence-electron chi connectivity index (χ1n) is 6.01. The zero-order chi connectivity index (χ0) is 12.3. The molecule has 0 aliphatic carbocycles. The molecule has 1 heterocycles. The molecule has 1 fully saturated rings. The smallest absolute Gasteiger partial charge is 0.0462 e. The van der Waals surface area contributed by atoms with Crippen LogP contribution >= 0.6 is 39.9 Å². The molecule has 1 aliphatic heterocycles. The molecule has 0 unspecified atom stereocenters. The van der Waals surface area contributed by atoms with Crippen LogP contribution in [-0.2, 0) is 6.54 Å². The van der Waals surface area contributed by atoms with E-state index in [9.17, 15) is 0 Å². The first kappa shape index (κ1) is 16.3. The normalized spacial score (nSPS) is 16.7. The Morgan fingerprint density at radius 3 is 2.67 bits per heavy atom. The molecule has 0 amide bonds. The maximum absolute atomic E-state index is 6.24. The molecule has 5 heteroatoms. The highest BCUT2D eigenvalue weighted by Crippen LogP contribution is 2.23. The summed E-state index contributed by atoms with van der Waals surface area (Å²) in [5.74, 6) is 0. The molecule has 18 heavy (non-hydrogen) atoms. The molecule has 0 saturated carbocycles. The fourth-order valence-corrected chi connectivity index (χ4v) is 3.03. The zero-order valence-corrected chi connectivity index (χ0v) is 13.6. The average Bonchev–Trinajstić information content (AvgIpc) is 2.34. The molecule has 1 saturated heterocycles. The van der Waals surface area contributed by atoms with Gasteiger partial charge in [0.1, 0.15) is 0 Å². The van der Waals surface area contributed by atoms with E-state index in [1.54, 1.807) is 0 Å². The predicted molar refractivity (Wildman–Crippen MR) is 83.8 cm³/mol. The molecule has 1 aromatic carbocycles. The second kappa shape index (κ2) is 7.71. The topological polar surface area (TPSA) is 15.3 Å². The van der Waals surface area contributed by atoms with Gasteiger partial charge in [-0.15, -0.1) is 12.4 Å². The molecule has 1 aromatic rings. The van der Waals surface area contributed by atoms with E-state index in [4.69, 9.17) is 11.6 Å². The van der Waals surface area contributed by atoms with Gasteiger partial charge in [-0.05, 0) is 50.7 Å². The first-order chi connectivity index (χ1) is 8.16. The van der Waals surface area contributed by atoms with Crippen molar-refractivity contribution in [2.45, 2.75) is 25.4 Å². The minimum absolute atomic E-state index is 0. The van der Waals surface area contributed by atoms with Crippen molar-refractivity contribution in [2.24, 2.45) is 0 Å². The number of benzene rings is 1. The minimum Gasteiger partial charge on any atom is -0.317 e. The molecule has 0 radical (unpaired) electrons. The van der Waals surface area contributed by atoms with Crippen LogP contribution in [0.4, 0.5) is 0 Å². The average molecular weight is 354 g/mol. The summed E-state index contributed by atoms with van der Waals surface area (Å²) in [7, 11) is 2.19. The third kappa shape index (κ3) is 4.39. The maximum Gasteiger partial charge on any atom is 0.0462 e. The van der Waals surface area contributed by atoms with Gasteiger partial charge in [0.2, 0.25) is 0 Å². The lowest BCUT2D eigenvalue weighted by Gasteiger charge is -2.31. The van der Waals surface area contributed by atoms with Gasteiger partial charge >= 0.3 is 0 Å². The molecule has 1 aliphatic rings. The van der Waals surface area contributed by atoms with Gasteiger partial charge in [-0.3, -0.25) is 4.90 Å². The summed E-state index contributed by atoms with van der Waals surface area (Å²) in [6, 6.07) is 6.80. The summed E-state index contributed by atoms with van der Waals surface area (Å²) in [6.07, 6.45) is 2.45. The summed E-state index contributed by atoms with van der Waals surface area (Å²) in [5.41, 5.74) is 1.20. The first-order valence-corrected chi connectivity index (χ1v) is 7.19. The Balaban J connectivity index is 0.00000162. The third-order valence-electron chi connectivity index (χ3n) is 3.37. The van der Waals surface area contributed by atoms with Crippen LogP contribution in [0.25, 0.3) is 0 Å². The molecule has 2 nitrogen and oxygen atoms in total. The SMILES string of the molecule is CN(Cc1ccc(Br)cc1Cl)C1CCNCC1.Cl. The lowest BCUT2D eigenvalue weighted by atomic mass is 10.0. The van der Waals surface area contributed by atoms with Gasteiger partial charge in [-0.1, -0.05) is 33.6 Å². The highest BCUT2D eigenvalue weighted by molar-refractivity contribution is 9.10. The largest absolute Gasteiger partial charge is 0.317 e. The van der Waals surface area contributed by atoms with Crippen molar-refractivity contribution in [3.05, 3.63) is 33.3 Å². The van der Waals surface area contributed by atoms with Gasteiger partial charge in [-0.2, -0.15) is 0 Å². The van der Waals surface area contributed by atoms with Gasteiger partial charge in [0.05, 0.1) is 0 Å². The Morgan fingerprint density at radius 2 is 2.06 bits per heavy atom. The summed E-state index contributed by atoms with van der Waals surface area (Å²) in [6.45, 7) is 3.18. The zero-order valence-electron chi connectivity index (χ0n) is 10.5. The number of hydrogen-bond acceptors (Lipinski definition) is 2. The summed E-state index contributed by atoms with van der Waals surface area (Å²) >= 11 is 9.68. The highest BCUT2D eigenvalue weighted by Gasteiger charge is 2.18. The van der Waals surface area contributed by atoms with Crippen molar-refractivity contribution in [3.8, 4) is 0 Å². The molecular weight excluding hydrogens is 335 g/mol. The van der Waals surface area contributed by atoms with E-state index >= 15 is 0 Å². The molecule has 0 atom stereocenters. The summed E-state index contributed by atoms with van der Waals surface area (Å²) < 4.78 is 1.04. The van der Waals surface area contributed by atoms with Crippen molar-refractivity contribution < 1.29 is 0 Å². The molecular formula is C13H19BrCl2N2. The van der Waals surface area contributed by atoms with Crippen LogP contribution in [0.2, 0.25) is 5.02 Å². The maximum atomic E-state index is 6.24. The fourth-order valence-electron chi connectivity index (χ4n) is 2.30. The van der Waals surface area contributed by atoms with Crippen molar-refractivity contribution >= 4 is 39.9 Å². The van der Waals surface area contributed by atoms with E-state index in [1.807, 2.05) is 6.07 Å². The van der Waals surface area contributed by atoms with Crippen LogP contribution in [0.1, 0.15) is 18.4 Å². The second-order valence-corrected chi connectivity index (χ2v) is 5.95. The van der Waals surface area contributed by atoms with E-state index in [0.717, 1.165) is 29.1 Å². The van der Waals surface area contributed by atoms with E-state index in [1.165, 1.54) is 18.4 Å². The summed E-state index contributed by atoms with van der Waals surface area (Å²) in [5, 5.41) is 4.24. The fraction of sp³-hybridized carbons (Fsp3) is 0.538. The van der Waals surface area contributed by atoms with Gasteiger partial charge in [-0.25, -0.2) is 0 Å². The quantitative estimate of drug-likeness (QED) is 0.891. The molecule has 2 rings (SSSR count). The molecule has 0 spiro atoms. The Bertz CT molecular complexity index is 381. The van der Waals surface area contributed by atoms with Crippen molar-refractivity contribution in [1.29, 1.82) is 0 Å². The van der Waals surface area contributed by atoms with E-state index < -0.39 is 0 Å². The highest BCUT2D eigenvalue weighted by atomic mass is 79.9. The monoisotopic (exact) mass is 352 g/mol. The number of hydrogen-bond donors (Lipinski definition) is 1. The van der Waals surface area contributed by atoms with Gasteiger partial charge in [0, 0.05) is 22.1 Å². The third-order valence-corrected chi connectivity index (χ3v) is 4.21. The van der Waals surface area contributed by atoms with Crippen molar-refractivity contribution in [3.63, 3.8) is 0 Å². The number of halogens is 3. The van der Waals surface area contributed by atoms with Crippen LogP contribution in [0.15, 0.2) is 22.7 Å². The van der Waals surface area contributed by atoms with E-state index in [0.29, 0.717) is 6.04 Å². The Hall–Kier alpha value is 0.200. The van der Waals surface area contributed by atoms with Crippen molar-refractivity contribution in [1.82, 2.24) is 10.2 Å². The number of nitrogens with zero attached hydrogens (tertiary/aromatic N) is 1. The number of piperidine rings is 1. The number of rotatable bonds is 3. The lowest BCUT2D eigenvalue weighted by molar-refractivity contribution is 0.192. The van der Waals surface area contributed by atoms with Crippen molar-refractivity contribution in [2.75, 3.05) is 20.1 Å². The molecule has 102 valence electrons. The number of nitrogens with one attached hydrogen (secondary N) is 1. The van der Waals surface area contributed by atoms with Crippen LogP contribution in [0, 0.1) is 0 Å². The van der Waals surface area contributed by atoms with Gasteiger partial charge in [0.25, 0.3) is 0 Å². The Morgan fingerprint density at radius 1 is 1.39 bits per heavy atom. The summed E-state index contributed by atoms with van der Waals surface area (Å²) in [4.78, 5) is 2.41. The Kier molecular flexibility index (Phi) is 6.96. The molecule has 1 N–H and O–H groups in total. The van der Waals surface area contributed by atoms with Crippen LogP contribution in [-0.4, -0.2) is 31.1 Å². The second-order valence-electron chi connectivity index (χ2n) is 4.63. The Labute approximate surface area is 129 Å². The minimum atomic E-state index is 0. The van der Waals surface area contributed by atoms with Gasteiger partial charge in [0.15, 0.2) is 0 Å². The van der Waals surface area contributed by atoms with Crippen LogP contribution < -0.4 is 5.32 Å².